The van der Waals surface area contributed by atoms with Crippen molar-refractivity contribution >= 4 is 40.0 Å². The van der Waals surface area contributed by atoms with Crippen LogP contribution in [0.15, 0.2) is 54.7 Å². The van der Waals surface area contributed by atoms with Crippen molar-refractivity contribution in [2.75, 3.05) is 43.4 Å². The standard InChI is InChI=1S/C30H34FN7O5/c1-4-6-20(2)29(39)42-19-37-12-11-24-27(37)33-30(34-28(24)43-23-8-5-7-22(18-23)38(40)41)32-21-9-10-26(25(31)17-21)36-15-13-35(3)14-16-36/h5,7-12,17-18,20H,4,6,13-16,19H2,1-3H3,(H,32,33,34). The number of anilines is 3. The van der Waals surface area contributed by atoms with Gasteiger partial charge >= 0.3 is 5.97 Å². The number of carbonyl (C=O) groups is 1. The van der Waals surface area contributed by atoms with Crippen molar-refractivity contribution in [3.05, 3.63) is 70.7 Å². The Kier molecular flexibility index (Phi) is 9.00. The Morgan fingerprint density at radius 2 is 1.93 bits per heavy atom. The molecule has 3 heterocycles. The lowest BCUT2D eigenvalue weighted by molar-refractivity contribution is -0.384. The largest absolute Gasteiger partial charge is 0.444 e. The number of nitrogens with one attached hydrogen (secondary N) is 1. The highest BCUT2D eigenvalue weighted by molar-refractivity contribution is 5.83. The second-order valence-corrected chi connectivity index (χ2v) is 10.6. The van der Waals surface area contributed by atoms with Gasteiger partial charge in [-0.1, -0.05) is 26.3 Å². The number of rotatable bonds is 11. The van der Waals surface area contributed by atoms with Crippen molar-refractivity contribution in [3.8, 4) is 11.6 Å². The van der Waals surface area contributed by atoms with E-state index in [0.717, 1.165) is 32.6 Å². The number of ether oxygens (including phenoxy) is 2. The summed E-state index contributed by atoms with van der Waals surface area (Å²) in [6.07, 6.45) is 3.26. The summed E-state index contributed by atoms with van der Waals surface area (Å²) in [7, 11) is 2.04. The Morgan fingerprint density at radius 3 is 2.65 bits per heavy atom. The van der Waals surface area contributed by atoms with Crippen LogP contribution in [0.25, 0.3) is 11.0 Å². The first kappa shape index (κ1) is 29.7. The van der Waals surface area contributed by atoms with Crippen LogP contribution in [0.1, 0.15) is 26.7 Å². The first-order valence-electron chi connectivity index (χ1n) is 14.2. The van der Waals surface area contributed by atoms with Gasteiger partial charge in [-0.15, -0.1) is 0 Å². The smallest absolute Gasteiger partial charge is 0.310 e. The summed E-state index contributed by atoms with van der Waals surface area (Å²) >= 11 is 0. The van der Waals surface area contributed by atoms with E-state index in [1.807, 2.05) is 25.8 Å². The summed E-state index contributed by atoms with van der Waals surface area (Å²) in [5, 5.41) is 14.8. The van der Waals surface area contributed by atoms with Crippen LogP contribution in [0.4, 0.5) is 27.4 Å². The molecule has 0 radical (unpaired) electrons. The first-order chi connectivity index (χ1) is 20.7. The Balaban J connectivity index is 1.45. The molecule has 1 aliphatic heterocycles. The molecular weight excluding hydrogens is 557 g/mol. The Hall–Kier alpha value is -4.78. The molecule has 12 nitrogen and oxygen atoms in total. The maximum absolute atomic E-state index is 15.2. The second-order valence-electron chi connectivity index (χ2n) is 10.6. The summed E-state index contributed by atoms with van der Waals surface area (Å²) in [6, 6.07) is 12.3. The normalized spacial score (nSPS) is 14.5. The molecule has 0 aliphatic carbocycles. The van der Waals surface area contributed by atoms with Crippen molar-refractivity contribution in [1.82, 2.24) is 19.4 Å². The molecule has 1 fully saturated rings. The number of aromatic nitrogens is 3. The minimum atomic E-state index is -0.514. The van der Waals surface area contributed by atoms with E-state index in [9.17, 15) is 14.9 Å². The van der Waals surface area contributed by atoms with Crippen LogP contribution in [0.2, 0.25) is 0 Å². The molecule has 0 spiro atoms. The lowest BCUT2D eigenvalue weighted by atomic mass is 10.1. The average Bonchev–Trinajstić information content (AvgIpc) is 3.40. The van der Waals surface area contributed by atoms with Gasteiger partial charge in [0.1, 0.15) is 11.6 Å². The van der Waals surface area contributed by atoms with Crippen molar-refractivity contribution in [2.45, 2.75) is 33.4 Å². The number of nitrogens with zero attached hydrogens (tertiary/aromatic N) is 6. The molecule has 0 bridgehead atoms. The number of carbonyl (C=O) groups excluding carboxylic acids is 1. The number of piperazine rings is 1. The van der Waals surface area contributed by atoms with Crippen LogP contribution in [0.3, 0.4) is 0 Å². The number of nitro benzene ring substituents is 1. The highest BCUT2D eigenvalue weighted by Crippen LogP contribution is 2.32. The molecule has 1 atom stereocenters. The maximum atomic E-state index is 15.2. The Bertz CT molecular complexity index is 1620. The average molecular weight is 592 g/mol. The zero-order valence-electron chi connectivity index (χ0n) is 24.3. The van der Waals surface area contributed by atoms with Gasteiger partial charge in [-0.3, -0.25) is 19.5 Å². The van der Waals surface area contributed by atoms with Crippen LogP contribution < -0.4 is 15.0 Å². The van der Waals surface area contributed by atoms with Gasteiger partial charge in [0.2, 0.25) is 11.8 Å². The number of esters is 1. The van der Waals surface area contributed by atoms with Crippen LogP contribution in [0.5, 0.6) is 11.6 Å². The van der Waals surface area contributed by atoms with Crippen molar-refractivity contribution in [3.63, 3.8) is 0 Å². The molecular formula is C30H34FN7O5. The highest BCUT2D eigenvalue weighted by atomic mass is 19.1. The van der Waals surface area contributed by atoms with Gasteiger partial charge in [0, 0.05) is 44.1 Å². The minimum Gasteiger partial charge on any atom is -0.444 e. The topological polar surface area (TPSA) is 128 Å². The highest BCUT2D eigenvalue weighted by Gasteiger charge is 2.20. The quantitative estimate of drug-likeness (QED) is 0.132. The SMILES string of the molecule is CCCC(C)C(=O)OCn1ccc2c(Oc3cccc([N+](=O)[O-])c3)nc(Nc3ccc(N4CCN(C)CC4)c(F)c3)nc21. The zero-order valence-corrected chi connectivity index (χ0v) is 24.3. The van der Waals surface area contributed by atoms with E-state index >= 15 is 4.39 Å². The maximum Gasteiger partial charge on any atom is 0.310 e. The van der Waals surface area contributed by atoms with E-state index in [1.165, 1.54) is 24.3 Å². The fourth-order valence-corrected chi connectivity index (χ4v) is 4.89. The van der Waals surface area contributed by atoms with Crippen LogP contribution in [0, 0.1) is 21.8 Å². The van der Waals surface area contributed by atoms with Crippen molar-refractivity contribution in [2.24, 2.45) is 5.92 Å². The fourth-order valence-electron chi connectivity index (χ4n) is 4.89. The molecule has 0 amide bonds. The first-order valence-corrected chi connectivity index (χ1v) is 14.2. The molecule has 1 saturated heterocycles. The van der Waals surface area contributed by atoms with E-state index in [0.29, 0.717) is 28.8 Å². The molecule has 5 rings (SSSR count). The molecule has 1 N–H and O–H groups in total. The van der Waals surface area contributed by atoms with Gasteiger partial charge < -0.3 is 24.6 Å². The van der Waals surface area contributed by atoms with Crippen molar-refractivity contribution in [1.29, 1.82) is 0 Å². The van der Waals surface area contributed by atoms with Gasteiger partial charge in [-0.05, 0) is 43.8 Å². The monoisotopic (exact) mass is 591 g/mol. The summed E-state index contributed by atoms with van der Waals surface area (Å²) < 4.78 is 28.4. The molecule has 13 heteroatoms. The van der Waals surface area contributed by atoms with Crippen molar-refractivity contribution < 1.29 is 23.6 Å². The molecule has 2 aromatic carbocycles. The van der Waals surface area contributed by atoms with Gasteiger partial charge in [-0.25, -0.2) is 4.39 Å². The molecule has 2 aromatic heterocycles. The lowest BCUT2D eigenvalue weighted by Crippen LogP contribution is -2.44. The van der Waals surface area contributed by atoms with Gasteiger partial charge in [0.05, 0.1) is 28.0 Å². The number of benzene rings is 2. The van der Waals surface area contributed by atoms with E-state index in [1.54, 1.807) is 35.0 Å². The van der Waals surface area contributed by atoms with Crippen LogP contribution in [-0.4, -0.2) is 63.6 Å². The summed E-state index contributed by atoms with van der Waals surface area (Å²) in [5.41, 5.74) is 1.21. The molecule has 0 saturated carbocycles. The third-order valence-corrected chi connectivity index (χ3v) is 7.34. The lowest BCUT2D eigenvalue weighted by Gasteiger charge is -2.34. The van der Waals surface area contributed by atoms with Gasteiger partial charge in [0.15, 0.2) is 12.4 Å². The molecule has 4 aromatic rings. The van der Waals surface area contributed by atoms with Crippen LogP contribution in [-0.2, 0) is 16.3 Å². The Labute approximate surface area is 248 Å². The number of hydrogen-bond donors (Lipinski definition) is 1. The van der Waals surface area contributed by atoms with E-state index in [2.05, 4.69) is 20.2 Å². The number of non-ortho nitro benzene ring substituents is 1. The summed E-state index contributed by atoms with van der Waals surface area (Å²) in [4.78, 5) is 36.6. The Morgan fingerprint density at radius 1 is 1.14 bits per heavy atom. The molecule has 1 unspecified atom stereocenters. The van der Waals surface area contributed by atoms with Gasteiger partial charge in [0.25, 0.3) is 5.69 Å². The van der Waals surface area contributed by atoms with Gasteiger partial charge in [-0.2, -0.15) is 9.97 Å². The van der Waals surface area contributed by atoms with E-state index < -0.39 is 4.92 Å². The number of hydrogen-bond acceptors (Lipinski definition) is 10. The van der Waals surface area contributed by atoms with Crippen LogP contribution >= 0.6 is 0 Å². The second kappa shape index (κ2) is 13.0. The third-order valence-electron chi connectivity index (χ3n) is 7.34. The summed E-state index contributed by atoms with van der Waals surface area (Å²) in [5.74, 6) is -0.511. The molecule has 1 aliphatic rings. The van der Waals surface area contributed by atoms with E-state index in [-0.39, 0.29) is 47.7 Å². The predicted molar refractivity (Wildman–Crippen MR) is 160 cm³/mol. The summed E-state index contributed by atoms with van der Waals surface area (Å²) in [6.45, 7) is 6.91. The fraction of sp³-hybridized carbons (Fsp3) is 0.367. The predicted octanol–water partition coefficient (Wildman–Crippen LogP) is 5.70. The van der Waals surface area contributed by atoms with E-state index in [4.69, 9.17) is 9.47 Å². The zero-order chi connectivity index (χ0) is 30.5. The number of fused-ring (bicyclic) bond motifs is 1. The number of likely N-dealkylation sites (N-methyl/N-ethyl adjacent to an activating group) is 1. The molecule has 226 valence electrons. The number of nitro groups is 1. The number of halogens is 1. The minimum absolute atomic E-state index is 0.0859. The third kappa shape index (κ3) is 7.00. The molecule has 43 heavy (non-hydrogen) atoms.